The Morgan fingerprint density at radius 2 is 1.82 bits per heavy atom. The van der Waals surface area contributed by atoms with Crippen molar-refractivity contribution in [3.63, 3.8) is 0 Å². The maximum atomic E-state index is 13.2. The monoisotopic (exact) mass is 452 g/mol. The number of para-hydroxylation sites is 1. The van der Waals surface area contributed by atoms with Gasteiger partial charge in [-0.3, -0.25) is 14.5 Å². The Morgan fingerprint density at radius 3 is 2.62 bits per heavy atom. The molecule has 0 spiro atoms. The van der Waals surface area contributed by atoms with E-state index in [1.54, 1.807) is 41.2 Å². The van der Waals surface area contributed by atoms with Gasteiger partial charge in [-0.1, -0.05) is 48.5 Å². The van der Waals surface area contributed by atoms with E-state index in [1.807, 2.05) is 60.7 Å². The molecule has 7 heteroatoms. The highest BCUT2D eigenvalue weighted by molar-refractivity contribution is 6.01. The minimum absolute atomic E-state index is 0.238. The number of rotatable bonds is 6. The SMILES string of the molecule is C[C@@H](OC(=O)c1cn(Cc2ccccc2)nc1-c1cccnc1)C(=O)N1CCc2ccccc21. The molecule has 1 atom stereocenters. The number of benzene rings is 2. The van der Waals surface area contributed by atoms with E-state index in [2.05, 4.69) is 10.1 Å². The molecule has 0 unspecified atom stereocenters. The highest BCUT2D eigenvalue weighted by atomic mass is 16.5. The fourth-order valence-electron chi connectivity index (χ4n) is 4.20. The Morgan fingerprint density at radius 1 is 1.03 bits per heavy atom. The second-order valence-corrected chi connectivity index (χ2v) is 8.23. The maximum Gasteiger partial charge on any atom is 0.342 e. The Labute approximate surface area is 197 Å². The van der Waals surface area contributed by atoms with E-state index >= 15 is 0 Å². The molecule has 0 fully saturated rings. The van der Waals surface area contributed by atoms with Crippen molar-refractivity contribution in [2.24, 2.45) is 0 Å². The number of esters is 1. The predicted molar refractivity (Wildman–Crippen MR) is 128 cm³/mol. The summed E-state index contributed by atoms with van der Waals surface area (Å²) in [5.41, 5.74) is 4.52. The van der Waals surface area contributed by atoms with Crippen LogP contribution in [0.2, 0.25) is 0 Å². The molecule has 0 N–H and O–H groups in total. The fourth-order valence-corrected chi connectivity index (χ4v) is 4.20. The molecule has 0 saturated heterocycles. The van der Waals surface area contributed by atoms with Crippen molar-refractivity contribution in [3.8, 4) is 11.3 Å². The lowest BCUT2D eigenvalue weighted by molar-refractivity contribution is -0.126. The minimum Gasteiger partial charge on any atom is -0.449 e. The lowest BCUT2D eigenvalue weighted by Crippen LogP contribution is -2.39. The van der Waals surface area contributed by atoms with Gasteiger partial charge in [-0.15, -0.1) is 0 Å². The van der Waals surface area contributed by atoms with E-state index < -0.39 is 12.1 Å². The van der Waals surface area contributed by atoms with Crippen LogP contribution in [0.25, 0.3) is 11.3 Å². The van der Waals surface area contributed by atoms with E-state index in [0.717, 1.165) is 23.2 Å². The van der Waals surface area contributed by atoms with Crippen LogP contribution in [0.5, 0.6) is 0 Å². The zero-order valence-corrected chi connectivity index (χ0v) is 18.8. The molecule has 0 saturated carbocycles. The van der Waals surface area contributed by atoms with Gasteiger partial charge in [0.25, 0.3) is 5.91 Å². The quantitative estimate of drug-likeness (QED) is 0.411. The van der Waals surface area contributed by atoms with Crippen molar-refractivity contribution < 1.29 is 14.3 Å². The number of ether oxygens (including phenoxy) is 1. The van der Waals surface area contributed by atoms with E-state index in [-0.39, 0.29) is 5.91 Å². The fraction of sp³-hybridized carbons (Fsp3) is 0.185. The van der Waals surface area contributed by atoms with E-state index in [9.17, 15) is 9.59 Å². The topological polar surface area (TPSA) is 77.3 Å². The molecule has 4 aromatic rings. The summed E-state index contributed by atoms with van der Waals surface area (Å²) in [5, 5.41) is 4.64. The summed E-state index contributed by atoms with van der Waals surface area (Å²) in [6.07, 6.45) is 4.84. The first kappa shape index (κ1) is 21.6. The molecule has 5 rings (SSSR count). The van der Waals surface area contributed by atoms with E-state index in [1.165, 1.54) is 0 Å². The van der Waals surface area contributed by atoms with Crippen molar-refractivity contribution >= 4 is 17.6 Å². The van der Waals surface area contributed by atoms with Crippen LogP contribution in [0.3, 0.4) is 0 Å². The summed E-state index contributed by atoms with van der Waals surface area (Å²) < 4.78 is 7.35. The number of carbonyl (C=O) groups excluding carboxylic acids is 2. The molecule has 0 radical (unpaired) electrons. The number of fused-ring (bicyclic) bond motifs is 1. The van der Waals surface area contributed by atoms with Crippen LogP contribution in [0, 0.1) is 0 Å². The summed E-state index contributed by atoms with van der Waals surface area (Å²) in [6.45, 7) is 2.69. The lowest BCUT2D eigenvalue weighted by atomic mass is 10.1. The number of carbonyl (C=O) groups is 2. The van der Waals surface area contributed by atoms with Crippen LogP contribution >= 0.6 is 0 Å². The second-order valence-electron chi connectivity index (χ2n) is 8.23. The molecule has 170 valence electrons. The third-order valence-electron chi connectivity index (χ3n) is 5.89. The Balaban J connectivity index is 1.38. The number of pyridine rings is 1. The zero-order chi connectivity index (χ0) is 23.5. The van der Waals surface area contributed by atoms with Gasteiger partial charge in [0.2, 0.25) is 0 Å². The summed E-state index contributed by atoms with van der Waals surface area (Å²) in [7, 11) is 0. The molecule has 1 aliphatic heterocycles. The van der Waals surface area contributed by atoms with Crippen LogP contribution in [0.4, 0.5) is 5.69 Å². The summed E-state index contributed by atoms with van der Waals surface area (Å²) in [4.78, 5) is 32.2. The largest absolute Gasteiger partial charge is 0.449 e. The standard InChI is InChI=1S/C27H24N4O3/c1-19(26(32)31-15-13-21-10-5-6-12-24(21)31)34-27(33)23-18-30(17-20-8-3-2-4-9-20)29-25(23)22-11-7-14-28-16-22/h2-12,14,16,18-19H,13,15,17H2,1H3/t19-/m1/s1. The van der Waals surface area contributed by atoms with Crippen molar-refractivity contribution in [3.05, 3.63) is 102 Å². The van der Waals surface area contributed by atoms with Gasteiger partial charge >= 0.3 is 5.97 Å². The van der Waals surface area contributed by atoms with E-state index in [4.69, 9.17) is 4.74 Å². The number of hydrogen-bond acceptors (Lipinski definition) is 5. The molecule has 2 aromatic carbocycles. The van der Waals surface area contributed by atoms with Crippen LogP contribution in [0.15, 0.2) is 85.3 Å². The average molecular weight is 453 g/mol. The van der Waals surface area contributed by atoms with Gasteiger partial charge in [-0.05, 0) is 42.7 Å². The third kappa shape index (κ3) is 4.32. The van der Waals surface area contributed by atoms with Crippen molar-refractivity contribution in [2.75, 3.05) is 11.4 Å². The molecule has 1 amide bonds. The number of aromatic nitrogens is 3. The highest BCUT2D eigenvalue weighted by Crippen LogP contribution is 2.29. The minimum atomic E-state index is -0.933. The van der Waals surface area contributed by atoms with Gasteiger partial charge in [0.05, 0.1) is 6.54 Å². The maximum absolute atomic E-state index is 13.2. The van der Waals surface area contributed by atoms with Gasteiger partial charge in [0.15, 0.2) is 6.10 Å². The number of nitrogens with zero attached hydrogens (tertiary/aromatic N) is 4. The van der Waals surface area contributed by atoms with Crippen LogP contribution < -0.4 is 4.90 Å². The second kappa shape index (κ2) is 9.31. The molecule has 0 aliphatic carbocycles. The van der Waals surface area contributed by atoms with Gasteiger partial charge < -0.3 is 9.64 Å². The number of anilines is 1. The van der Waals surface area contributed by atoms with Crippen molar-refractivity contribution in [1.29, 1.82) is 0 Å². The summed E-state index contributed by atoms with van der Waals surface area (Å²) in [6, 6.07) is 21.3. The molecule has 3 heterocycles. The Bertz CT molecular complexity index is 1320. The average Bonchev–Trinajstić information content (AvgIpc) is 3.49. The van der Waals surface area contributed by atoms with Crippen molar-refractivity contribution in [2.45, 2.75) is 26.0 Å². The number of amides is 1. The van der Waals surface area contributed by atoms with Gasteiger partial charge in [0.1, 0.15) is 11.3 Å². The van der Waals surface area contributed by atoms with E-state index in [0.29, 0.717) is 29.9 Å². The molecule has 7 nitrogen and oxygen atoms in total. The molecule has 0 bridgehead atoms. The molecule has 2 aromatic heterocycles. The number of hydrogen-bond donors (Lipinski definition) is 0. The van der Waals surface area contributed by atoms with Gasteiger partial charge in [-0.25, -0.2) is 4.79 Å². The van der Waals surface area contributed by atoms with Gasteiger partial charge in [-0.2, -0.15) is 5.10 Å². The molecule has 1 aliphatic rings. The van der Waals surface area contributed by atoms with Crippen molar-refractivity contribution in [1.82, 2.24) is 14.8 Å². The highest BCUT2D eigenvalue weighted by Gasteiger charge is 2.31. The predicted octanol–water partition coefficient (Wildman–Crippen LogP) is 4.13. The zero-order valence-electron chi connectivity index (χ0n) is 18.8. The Hall–Kier alpha value is -4.26. The van der Waals surface area contributed by atoms with Crippen LogP contribution in [-0.4, -0.2) is 39.3 Å². The first-order valence-electron chi connectivity index (χ1n) is 11.2. The summed E-state index contributed by atoms with van der Waals surface area (Å²) in [5.74, 6) is -0.829. The first-order valence-corrected chi connectivity index (χ1v) is 11.2. The lowest BCUT2D eigenvalue weighted by Gasteiger charge is -2.21. The molecular weight excluding hydrogens is 428 g/mol. The normalized spacial score (nSPS) is 13.4. The van der Waals surface area contributed by atoms with Crippen LogP contribution in [0.1, 0.15) is 28.4 Å². The Kier molecular flexibility index (Phi) is 5.91. The first-order chi connectivity index (χ1) is 16.6. The molecule has 34 heavy (non-hydrogen) atoms. The third-order valence-corrected chi connectivity index (χ3v) is 5.89. The van der Waals surface area contributed by atoms with Crippen LogP contribution in [-0.2, 0) is 22.5 Å². The smallest absolute Gasteiger partial charge is 0.342 e. The van der Waals surface area contributed by atoms with Gasteiger partial charge in [0, 0.05) is 36.4 Å². The summed E-state index contributed by atoms with van der Waals surface area (Å²) >= 11 is 0. The molecular formula is C27H24N4O3.